The number of carbonyl (C=O) groups excluding carboxylic acids is 2. The monoisotopic (exact) mass is 337 g/mol. The smallest absolute Gasteiger partial charge is 0.222 e. The highest BCUT2D eigenvalue weighted by Gasteiger charge is 2.26. The zero-order valence-corrected chi connectivity index (χ0v) is 15.1. The van der Waals surface area contributed by atoms with E-state index in [0.717, 1.165) is 43.1 Å². The lowest BCUT2D eigenvalue weighted by Crippen LogP contribution is -2.38. The lowest BCUT2D eigenvalue weighted by atomic mass is 9.98. The Balaban J connectivity index is 1.91. The molecule has 128 valence electrons. The zero-order chi connectivity index (χ0) is 16.8. The van der Waals surface area contributed by atoms with Crippen molar-refractivity contribution >= 4 is 23.2 Å². The molecule has 1 fully saturated rings. The molecule has 1 aliphatic heterocycles. The maximum atomic E-state index is 12.1. The molecule has 1 aromatic heterocycles. The molecule has 1 saturated heterocycles. The molecule has 6 heteroatoms. The number of carbonyl (C=O) groups is 2. The number of nitrogens with one attached hydrogen (secondary N) is 1. The molecule has 23 heavy (non-hydrogen) atoms. The van der Waals surface area contributed by atoms with Crippen LogP contribution in [0.3, 0.4) is 0 Å². The minimum Gasteiger partial charge on any atom is -0.350 e. The predicted octanol–water partition coefficient (Wildman–Crippen LogP) is 2.92. The number of likely N-dealkylation sites (tertiary alicyclic amines) is 1. The Kier molecular flexibility index (Phi) is 6.57. The maximum absolute atomic E-state index is 12.1. The van der Waals surface area contributed by atoms with Crippen molar-refractivity contribution < 1.29 is 9.59 Å². The molecule has 0 radical (unpaired) electrons. The average Bonchev–Trinajstić information content (AvgIpc) is 3.02. The number of piperidine rings is 1. The zero-order valence-electron chi connectivity index (χ0n) is 14.3. The van der Waals surface area contributed by atoms with Gasteiger partial charge in [0.15, 0.2) is 0 Å². The van der Waals surface area contributed by atoms with Crippen LogP contribution in [0.25, 0.3) is 0 Å². The van der Waals surface area contributed by atoms with E-state index >= 15 is 0 Å². The van der Waals surface area contributed by atoms with Gasteiger partial charge in [-0.15, -0.1) is 11.3 Å². The second-order valence-electron chi connectivity index (χ2n) is 6.48. The Hall–Kier alpha value is -1.43. The Morgan fingerprint density at radius 1 is 1.48 bits per heavy atom. The van der Waals surface area contributed by atoms with Crippen LogP contribution in [-0.4, -0.2) is 34.8 Å². The third-order valence-corrected chi connectivity index (χ3v) is 5.18. The van der Waals surface area contributed by atoms with Gasteiger partial charge in [-0.1, -0.05) is 20.8 Å². The Morgan fingerprint density at radius 2 is 2.26 bits per heavy atom. The molecule has 1 atom stereocenters. The average molecular weight is 337 g/mol. The Morgan fingerprint density at radius 3 is 2.96 bits per heavy atom. The highest BCUT2D eigenvalue weighted by atomic mass is 32.1. The standard InChI is InChI=1S/C17H27N3O2S/c1-4-6-15(21)20-8-5-7-13(10-20)17-19-14(11-23-17)9-18-16(22)12(2)3/h11-13H,4-10H2,1-3H3,(H,18,22)/t13-/m0/s1. The fraction of sp³-hybridized carbons (Fsp3) is 0.706. The third kappa shape index (κ3) is 5.03. The van der Waals surface area contributed by atoms with E-state index in [9.17, 15) is 9.59 Å². The normalized spacial score (nSPS) is 18.3. The van der Waals surface area contributed by atoms with Gasteiger partial charge in [0.05, 0.1) is 17.2 Å². The molecule has 0 aromatic carbocycles. The molecule has 0 unspecified atom stereocenters. The lowest BCUT2D eigenvalue weighted by Gasteiger charge is -2.31. The van der Waals surface area contributed by atoms with Crippen LogP contribution >= 0.6 is 11.3 Å². The molecule has 5 nitrogen and oxygen atoms in total. The largest absolute Gasteiger partial charge is 0.350 e. The summed E-state index contributed by atoms with van der Waals surface area (Å²) < 4.78 is 0. The minimum absolute atomic E-state index is 0.00964. The SMILES string of the molecule is CCCC(=O)N1CCC[C@H](c2nc(CNC(=O)C(C)C)cs2)C1. The van der Waals surface area contributed by atoms with Crippen LogP contribution in [0.15, 0.2) is 5.38 Å². The van der Waals surface area contributed by atoms with E-state index in [4.69, 9.17) is 0 Å². The van der Waals surface area contributed by atoms with Crippen molar-refractivity contribution in [2.75, 3.05) is 13.1 Å². The number of nitrogens with zero attached hydrogens (tertiary/aromatic N) is 2. The van der Waals surface area contributed by atoms with Crippen LogP contribution in [0.4, 0.5) is 0 Å². The van der Waals surface area contributed by atoms with Crippen molar-refractivity contribution in [3.8, 4) is 0 Å². The summed E-state index contributed by atoms with van der Waals surface area (Å²) >= 11 is 1.64. The Labute approximate surface area is 142 Å². The summed E-state index contributed by atoms with van der Waals surface area (Å²) in [4.78, 5) is 30.4. The molecule has 2 amide bonds. The number of rotatable bonds is 6. The fourth-order valence-corrected chi connectivity index (χ4v) is 3.70. The van der Waals surface area contributed by atoms with Crippen LogP contribution in [-0.2, 0) is 16.1 Å². The maximum Gasteiger partial charge on any atom is 0.222 e. The molecule has 1 aliphatic rings. The summed E-state index contributed by atoms with van der Waals surface area (Å²) in [5.41, 5.74) is 0.913. The molecule has 2 heterocycles. The topological polar surface area (TPSA) is 62.3 Å². The highest BCUT2D eigenvalue weighted by molar-refractivity contribution is 7.09. The summed E-state index contributed by atoms with van der Waals surface area (Å²) in [6.07, 6.45) is 3.66. The minimum atomic E-state index is -0.00964. The summed E-state index contributed by atoms with van der Waals surface area (Å²) in [6.45, 7) is 7.94. The number of aromatic nitrogens is 1. The van der Waals surface area contributed by atoms with Crippen molar-refractivity contribution in [3.05, 3.63) is 16.1 Å². The summed E-state index contributed by atoms with van der Waals surface area (Å²) in [5, 5.41) is 6.01. The van der Waals surface area contributed by atoms with Gasteiger partial charge in [0.1, 0.15) is 0 Å². The first-order chi connectivity index (χ1) is 11.0. The molecule has 1 aromatic rings. The second kappa shape index (κ2) is 8.43. The molecule has 0 bridgehead atoms. The van der Waals surface area contributed by atoms with Crippen molar-refractivity contribution in [2.45, 2.75) is 58.9 Å². The van der Waals surface area contributed by atoms with Gasteiger partial charge in [-0.2, -0.15) is 0 Å². The van der Waals surface area contributed by atoms with Gasteiger partial charge in [0.25, 0.3) is 0 Å². The first-order valence-electron chi connectivity index (χ1n) is 8.51. The van der Waals surface area contributed by atoms with Crippen molar-refractivity contribution in [3.63, 3.8) is 0 Å². The van der Waals surface area contributed by atoms with Gasteiger partial charge in [0, 0.05) is 36.7 Å². The van der Waals surface area contributed by atoms with Gasteiger partial charge in [-0.05, 0) is 19.3 Å². The van der Waals surface area contributed by atoms with Crippen LogP contribution in [0.1, 0.15) is 63.1 Å². The molecule has 1 N–H and O–H groups in total. The van der Waals surface area contributed by atoms with Crippen LogP contribution in [0.5, 0.6) is 0 Å². The third-order valence-electron chi connectivity index (χ3n) is 4.12. The van der Waals surface area contributed by atoms with E-state index in [-0.39, 0.29) is 17.7 Å². The van der Waals surface area contributed by atoms with Crippen LogP contribution in [0.2, 0.25) is 0 Å². The Bertz CT molecular complexity index is 542. The van der Waals surface area contributed by atoms with Crippen molar-refractivity contribution in [1.82, 2.24) is 15.2 Å². The number of hydrogen-bond donors (Lipinski definition) is 1. The summed E-state index contributed by atoms with van der Waals surface area (Å²) in [7, 11) is 0. The lowest BCUT2D eigenvalue weighted by molar-refractivity contribution is -0.132. The molecule has 0 spiro atoms. The van der Waals surface area contributed by atoms with Crippen LogP contribution in [0, 0.1) is 5.92 Å². The van der Waals surface area contributed by atoms with E-state index in [0.29, 0.717) is 18.9 Å². The quantitative estimate of drug-likeness (QED) is 0.868. The highest BCUT2D eigenvalue weighted by Crippen LogP contribution is 2.29. The van der Waals surface area contributed by atoms with Gasteiger partial charge in [0.2, 0.25) is 11.8 Å². The van der Waals surface area contributed by atoms with E-state index in [1.165, 1.54) is 0 Å². The van der Waals surface area contributed by atoms with E-state index in [2.05, 4.69) is 10.3 Å². The molecular formula is C17H27N3O2S. The predicted molar refractivity (Wildman–Crippen MR) is 92.3 cm³/mol. The fourth-order valence-electron chi connectivity index (χ4n) is 2.75. The van der Waals surface area contributed by atoms with E-state index in [1.807, 2.05) is 31.1 Å². The number of hydrogen-bond acceptors (Lipinski definition) is 4. The van der Waals surface area contributed by atoms with Crippen LogP contribution < -0.4 is 5.32 Å². The first-order valence-corrected chi connectivity index (χ1v) is 9.39. The van der Waals surface area contributed by atoms with Gasteiger partial charge >= 0.3 is 0 Å². The second-order valence-corrected chi connectivity index (χ2v) is 7.37. The molecule has 0 aliphatic carbocycles. The number of thiazole rings is 1. The van der Waals surface area contributed by atoms with E-state index < -0.39 is 0 Å². The molecular weight excluding hydrogens is 310 g/mol. The number of amides is 2. The summed E-state index contributed by atoms with van der Waals surface area (Å²) in [5.74, 6) is 0.639. The van der Waals surface area contributed by atoms with Gasteiger partial charge < -0.3 is 10.2 Å². The summed E-state index contributed by atoms with van der Waals surface area (Å²) in [6, 6.07) is 0. The molecule has 0 saturated carbocycles. The van der Waals surface area contributed by atoms with Gasteiger partial charge in [-0.25, -0.2) is 4.98 Å². The van der Waals surface area contributed by atoms with E-state index in [1.54, 1.807) is 11.3 Å². The van der Waals surface area contributed by atoms with Gasteiger partial charge in [-0.3, -0.25) is 9.59 Å². The van der Waals surface area contributed by atoms with Crippen molar-refractivity contribution in [2.24, 2.45) is 5.92 Å². The first kappa shape index (κ1) is 17.9. The van der Waals surface area contributed by atoms with Crippen molar-refractivity contribution in [1.29, 1.82) is 0 Å². The molecule has 2 rings (SSSR count).